The lowest BCUT2D eigenvalue weighted by Crippen LogP contribution is -2.46. The molecular formula is C12H23BrN6O2S. The predicted octanol–water partition coefficient (Wildman–Crippen LogP) is 2.71. The first-order valence-corrected chi connectivity index (χ1v) is 8.18. The van der Waals surface area contributed by atoms with E-state index in [0.717, 1.165) is 13.8 Å². The van der Waals surface area contributed by atoms with Gasteiger partial charge in [-0.25, -0.2) is 20.7 Å². The molecule has 0 saturated heterocycles. The molecule has 1 aromatic rings. The number of hydrazone groups is 1. The molecule has 1 amide bonds. The van der Waals surface area contributed by atoms with E-state index in [2.05, 4.69) is 26.0 Å². The smallest absolute Gasteiger partial charge is 0.423 e. The molecule has 1 rings (SSSR count). The van der Waals surface area contributed by atoms with Crippen molar-refractivity contribution in [3.63, 3.8) is 0 Å². The molecule has 0 aromatic carbocycles. The van der Waals surface area contributed by atoms with Gasteiger partial charge in [0.15, 0.2) is 0 Å². The molecule has 0 atom stereocenters. The van der Waals surface area contributed by atoms with Gasteiger partial charge in [-0.05, 0) is 36.7 Å². The molecule has 0 bridgehead atoms. The number of anilines is 1. The second kappa shape index (κ2) is 8.91. The van der Waals surface area contributed by atoms with Gasteiger partial charge in [-0.1, -0.05) is 25.2 Å². The summed E-state index contributed by atoms with van der Waals surface area (Å²) >= 11 is 4.49. The number of hydrogen-bond donors (Lipinski definition) is 2. The van der Waals surface area contributed by atoms with Gasteiger partial charge in [-0.2, -0.15) is 4.90 Å². The average molecular weight is 395 g/mol. The molecule has 126 valence electrons. The van der Waals surface area contributed by atoms with Crippen molar-refractivity contribution in [3.8, 4) is 0 Å². The second-order valence-corrected chi connectivity index (χ2v) is 7.18. The van der Waals surface area contributed by atoms with Crippen molar-refractivity contribution >= 4 is 44.5 Å². The number of guanidine groups is 1. The zero-order chi connectivity index (χ0) is 17.5. The van der Waals surface area contributed by atoms with E-state index in [4.69, 9.17) is 16.3 Å². The highest BCUT2D eigenvalue weighted by Gasteiger charge is 2.28. The van der Waals surface area contributed by atoms with Crippen LogP contribution in [0.15, 0.2) is 15.1 Å². The largest absolute Gasteiger partial charge is 0.443 e. The van der Waals surface area contributed by atoms with Crippen LogP contribution in [0.5, 0.6) is 0 Å². The molecule has 0 radical (unpaired) electrons. The third-order valence-corrected chi connectivity index (χ3v) is 3.18. The summed E-state index contributed by atoms with van der Waals surface area (Å²) in [4.78, 5) is 17.4. The first-order valence-electron chi connectivity index (χ1n) is 6.57. The Morgan fingerprint density at radius 1 is 1.45 bits per heavy atom. The van der Waals surface area contributed by atoms with Gasteiger partial charge in [0, 0.05) is 7.05 Å². The van der Waals surface area contributed by atoms with Crippen LogP contribution in [-0.4, -0.2) is 34.8 Å². The molecule has 0 unspecified atom stereocenters. The Bertz CT molecular complexity index is 512. The Labute approximate surface area is 143 Å². The number of halogens is 1. The molecule has 0 saturated carbocycles. The first kappa shape index (κ1) is 20.6. The highest BCUT2D eigenvalue weighted by atomic mass is 79.9. The van der Waals surface area contributed by atoms with Gasteiger partial charge in [0.25, 0.3) is 0 Å². The van der Waals surface area contributed by atoms with Gasteiger partial charge in [-0.3, -0.25) is 0 Å². The maximum Gasteiger partial charge on any atom is 0.423 e. The van der Waals surface area contributed by atoms with E-state index in [9.17, 15) is 4.79 Å². The van der Waals surface area contributed by atoms with E-state index < -0.39 is 11.7 Å². The quantitative estimate of drug-likeness (QED) is 0.345. The van der Waals surface area contributed by atoms with Gasteiger partial charge < -0.3 is 10.5 Å². The number of hydrogen-bond acceptors (Lipinski definition) is 7. The fourth-order valence-electron chi connectivity index (χ4n) is 1.13. The molecule has 1 aromatic heterocycles. The van der Waals surface area contributed by atoms with Crippen molar-refractivity contribution in [1.82, 2.24) is 10.1 Å². The summed E-state index contributed by atoms with van der Waals surface area (Å²) in [7, 11) is 1.48. The summed E-state index contributed by atoms with van der Waals surface area (Å²) in [5, 5.41) is 5.12. The van der Waals surface area contributed by atoms with Crippen molar-refractivity contribution in [2.45, 2.75) is 40.2 Å². The van der Waals surface area contributed by atoms with E-state index in [0.29, 0.717) is 5.13 Å². The lowest BCUT2D eigenvalue weighted by molar-refractivity contribution is 0.0603. The Morgan fingerprint density at radius 2 is 2.00 bits per heavy atom. The fourth-order valence-corrected chi connectivity index (χ4v) is 2.31. The molecule has 8 nitrogen and oxygen atoms in total. The van der Waals surface area contributed by atoms with Gasteiger partial charge in [0.2, 0.25) is 11.1 Å². The second-order valence-electron chi connectivity index (χ2n) is 4.79. The monoisotopic (exact) mass is 394 g/mol. The standard InChI is InChI=1S/C10H17BrN6O2S.C2H6/c1-10(2,3)19-9(18)17(7(12)15-16(4)13)8-14-5-6(11)20-8;1-2/h5H,13H2,1-4H3,(H2,12,15);1-2H3. The molecule has 1 heterocycles. The van der Waals surface area contributed by atoms with Gasteiger partial charge in [-0.15, -0.1) is 5.10 Å². The normalized spacial score (nSPS) is 11.4. The number of nitrogens with zero attached hydrogens (tertiary/aromatic N) is 4. The van der Waals surface area contributed by atoms with Crippen molar-refractivity contribution in [2.24, 2.45) is 16.7 Å². The molecule has 22 heavy (non-hydrogen) atoms. The number of thiazole rings is 1. The van der Waals surface area contributed by atoms with Gasteiger partial charge in [0.1, 0.15) is 5.60 Å². The zero-order valence-corrected chi connectivity index (χ0v) is 16.0. The Hall–Kier alpha value is -1.39. The van der Waals surface area contributed by atoms with Crippen molar-refractivity contribution in [1.29, 1.82) is 0 Å². The summed E-state index contributed by atoms with van der Waals surface area (Å²) in [6.45, 7) is 9.26. The van der Waals surface area contributed by atoms with Gasteiger partial charge >= 0.3 is 6.09 Å². The van der Waals surface area contributed by atoms with Crippen LogP contribution in [0.2, 0.25) is 0 Å². The Morgan fingerprint density at radius 3 is 2.36 bits per heavy atom. The molecule has 0 aliphatic carbocycles. The van der Waals surface area contributed by atoms with Crippen LogP contribution in [0.1, 0.15) is 34.6 Å². The number of carbonyl (C=O) groups is 1. The molecular weight excluding hydrogens is 372 g/mol. The van der Waals surface area contributed by atoms with Crippen molar-refractivity contribution in [3.05, 3.63) is 9.98 Å². The summed E-state index contributed by atoms with van der Waals surface area (Å²) < 4.78 is 6.03. The lowest BCUT2D eigenvalue weighted by atomic mass is 10.2. The minimum absolute atomic E-state index is 0.133. The van der Waals surface area contributed by atoms with Crippen LogP contribution in [0.4, 0.5) is 9.93 Å². The van der Waals surface area contributed by atoms with E-state index in [1.54, 1.807) is 27.0 Å². The molecule has 0 aliphatic heterocycles. The van der Waals surface area contributed by atoms with Crippen LogP contribution in [0.25, 0.3) is 0 Å². The molecule has 4 N–H and O–H groups in total. The molecule has 10 heteroatoms. The number of hydrazine groups is 1. The van der Waals surface area contributed by atoms with Crippen LogP contribution in [0.3, 0.4) is 0 Å². The van der Waals surface area contributed by atoms with E-state index >= 15 is 0 Å². The van der Waals surface area contributed by atoms with Crippen molar-refractivity contribution < 1.29 is 9.53 Å². The number of aromatic nitrogens is 1. The van der Waals surface area contributed by atoms with Gasteiger partial charge in [0.05, 0.1) is 9.98 Å². The SMILES string of the molecule is CC.CN(N)/N=C(\N)N(C(=O)OC(C)(C)C)c1ncc(Br)s1. The number of nitrogens with two attached hydrogens (primary N) is 2. The number of amides is 1. The third kappa shape index (κ3) is 7.05. The topological polar surface area (TPSA) is 110 Å². The van der Waals surface area contributed by atoms with Crippen molar-refractivity contribution in [2.75, 3.05) is 11.9 Å². The number of carbonyl (C=O) groups excluding carboxylic acids is 1. The minimum atomic E-state index is -0.678. The maximum absolute atomic E-state index is 12.2. The Balaban J connectivity index is 0.00000211. The number of ether oxygens (including phenoxy) is 1. The summed E-state index contributed by atoms with van der Waals surface area (Å²) in [6, 6.07) is 0. The summed E-state index contributed by atoms with van der Waals surface area (Å²) in [5.74, 6) is 5.27. The lowest BCUT2D eigenvalue weighted by Gasteiger charge is -2.25. The number of rotatable bonds is 2. The molecule has 0 aliphatic rings. The minimum Gasteiger partial charge on any atom is -0.443 e. The molecule has 0 fully saturated rings. The Kier molecular flexibility index (Phi) is 8.35. The zero-order valence-electron chi connectivity index (χ0n) is 13.6. The van der Waals surface area contributed by atoms with E-state index in [1.165, 1.54) is 18.4 Å². The van der Waals surface area contributed by atoms with Crippen LogP contribution >= 0.6 is 27.3 Å². The predicted molar refractivity (Wildman–Crippen MR) is 93.4 cm³/mol. The average Bonchev–Trinajstić information content (AvgIpc) is 2.75. The van der Waals surface area contributed by atoms with Crippen LogP contribution < -0.4 is 16.5 Å². The van der Waals surface area contributed by atoms with Crippen LogP contribution in [-0.2, 0) is 4.74 Å². The highest BCUT2D eigenvalue weighted by Crippen LogP contribution is 2.27. The molecule has 0 spiro atoms. The highest BCUT2D eigenvalue weighted by molar-refractivity contribution is 9.11. The summed E-state index contributed by atoms with van der Waals surface area (Å²) in [6.07, 6.45) is 0.874. The third-order valence-electron chi connectivity index (χ3n) is 1.72. The van der Waals surface area contributed by atoms with E-state index in [-0.39, 0.29) is 5.96 Å². The van der Waals surface area contributed by atoms with Crippen LogP contribution in [0, 0.1) is 0 Å². The fraction of sp³-hybridized carbons (Fsp3) is 0.583. The maximum atomic E-state index is 12.2. The summed E-state index contributed by atoms with van der Waals surface area (Å²) in [5.41, 5.74) is 5.12. The first-order chi connectivity index (χ1) is 10.1. The van der Waals surface area contributed by atoms with E-state index in [1.807, 2.05) is 13.8 Å².